The van der Waals surface area contributed by atoms with E-state index in [1.807, 2.05) is 24.3 Å². The molecule has 0 bridgehead atoms. The number of aromatic amines is 1. The maximum Gasteiger partial charge on any atom is 0.257 e. The molecule has 0 spiro atoms. The van der Waals surface area contributed by atoms with Crippen LogP contribution in [-0.4, -0.2) is 39.3 Å². The number of aliphatic hydroxyl groups excluding tert-OH is 1. The minimum Gasteiger partial charge on any atom is -0.398 e. The molecule has 3 aromatic rings. The van der Waals surface area contributed by atoms with Crippen molar-refractivity contribution in [1.29, 1.82) is 0 Å². The average Bonchev–Trinajstić information content (AvgIpc) is 2.81. The molecule has 0 aliphatic carbocycles. The number of hydrogen-bond donors (Lipinski definition) is 4. The number of piperidine rings is 1. The van der Waals surface area contributed by atoms with Gasteiger partial charge in [-0.1, -0.05) is 6.58 Å². The number of hydrogen-bond acceptors (Lipinski definition) is 7. The molecule has 0 saturated carbocycles. The fourth-order valence-corrected chi connectivity index (χ4v) is 3.74. The van der Waals surface area contributed by atoms with Crippen molar-refractivity contribution < 1.29 is 5.11 Å². The Balaban J connectivity index is 1.53. The molecule has 8 nitrogen and oxygen atoms in total. The van der Waals surface area contributed by atoms with E-state index in [1.165, 1.54) is 6.33 Å². The molecule has 0 atom stereocenters. The van der Waals surface area contributed by atoms with Gasteiger partial charge in [-0.15, -0.1) is 0 Å². The molecule has 1 aliphatic rings. The fourth-order valence-electron chi connectivity index (χ4n) is 3.74. The van der Waals surface area contributed by atoms with Gasteiger partial charge in [0.1, 0.15) is 6.33 Å². The SMILES string of the molecule is C=C(Nc1ccc(N2CCC(O)CC2)cc1)c1c(/C=C(\N)c2cncnc2)cc[nH]c1=O. The van der Waals surface area contributed by atoms with Crippen LogP contribution in [0.4, 0.5) is 11.4 Å². The number of pyridine rings is 1. The molecule has 0 amide bonds. The van der Waals surface area contributed by atoms with Gasteiger partial charge in [-0.25, -0.2) is 9.97 Å². The van der Waals surface area contributed by atoms with E-state index in [4.69, 9.17) is 5.73 Å². The Morgan fingerprint density at radius 3 is 2.56 bits per heavy atom. The number of aliphatic hydroxyl groups is 1. The molecule has 0 unspecified atom stereocenters. The van der Waals surface area contributed by atoms with E-state index in [2.05, 4.69) is 31.7 Å². The Morgan fingerprint density at radius 1 is 1.19 bits per heavy atom. The Bertz CT molecular complexity index is 1160. The number of anilines is 2. The highest BCUT2D eigenvalue weighted by Crippen LogP contribution is 2.25. The molecular formula is C24H26N6O2. The number of nitrogens with zero attached hydrogens (tertiary/aromatic N) is 3. The summed E-state index contributed by atoms with van der Waals surface area (Å²) in [7, 11) is 0. The third kappa shape index (κ3) is 4.87. The van der Waals surface area contributed by atoms with Crippen LogP contribution in [0.15, 0.2) is 66.6 Å². The molecule has 164 valence electrons. The summed E-state index contributed by atoms with van der Waals surface area (Å²) < 4.78 is 0. The molecular weight excluding hydrogens is 404 g/mol. The van der Waals surface area contributed by atoms with Gasteiger partial charge in [0.05, 0.1) is 11.7 Å². The van der Waals surface area contributed by atoms with Crippen LogP contribution in [0.3, 0.4) is 0 Å². The van der Waals surface area contributed by atoms with Crippen LogP contribution < -0.4 is 21.5 Å². The number of H-pyrrole nitrogens is 1. The van der Waals surface area contributed by atoms with Crippen LogP contribution in [0.5, 0.6) is 0 Å². The smallest absolute Gasteiger partial charge is 0.257 e. The molecule has 5 N–H and O–H groups in total. The fraction of sp³-hybridized carbons (Fsp3) is 0.208. The zero-order valence-corrected chi connectivity index (χ0v) is 17.7. The zero-order valence-electron chi connectivity index (χ0n) is 17.7. The quantitative estimate of drug-likeness (QED) is 0.474. The predicted molar refractivity (Wildman–Crippen MR) is 128 cm³/mol. The predicted octanol–water partition coefficient (Wildman–Crippen LogP) is 2.67. The van der Waals surface area contributed by atoms with Gasteiger partial charge < -0.3 is 26.0 Å². The van der Waals surface area contributed by atoms with Gasteiger partial charge in [-0.05, 0) is 54.8 Å². The van der Waals surface area contributed by atoms with E-state index >= 15 is 0 Å². The number of rotatable bonds is 6. The molecule has 1 aromatic carbocycles. The lowest BCUT2D eigenvalue weighted by atomic mass is 10.0. The summed E-state index contributed by atoms with van der Waals surface area (Å²) in [5.74, 6) is 0. The Kier molecular flexibility index (Phi) is 6.32. The number of aromatic nitrogens is 3. The second-order valence-electron chi connectivity index (χ2n) is 7.73. The Morgan fingerprint density at radius 2 is 1.88 bits per heavy atom. The highest BCUT2D eigenvalue weighted by atomic mass is 16.3. The molecule has 1 saturated heterocycles. The normalized spacial score (nSPS) is 14.9. The van der Waals surface area contributed by atoms with Crippen molar-refractivity contribution in [3.05, 3.63) is 88.9 Å². The number of benzene rings is 1. The molecule has 32 heavy (non-hydrogen) atoms. The van der Waals surface area contributed by atoms with Gasteiger partial charge in [0.15, 0.2) is 0 Å². The van der Waals surface area contributed by atoms with Crippen LogP contribution >= 0.6 is 0 Å². The van der Waals surface area contributed by atoms with Crippen molar-refractivity contribution in [2.45, 2.75) is 18.9 Å². The van der Waals surface area contributed by atoms with E-state index in [-0.39, 0.29) is 11.7 Å². The first-order chi connectivity index (χ1) is 15.5. The highest BCUT2D eigenvalue weighted by molar-refractivity contribution is 5.86. The minimum atomic E-state index is -0.267. The van der Waals surface area contributed by atoms with E-state index in [1.54, 1.807) is 30.7 Å². The van der Waals surface area contributed by atoms with Crippen molar-refractivity contribution >= 4 is 28.8 Å². The van der Waals surface area contributed by atoms with Gasteiger partial charge >= 0.3 is 0 Å². The third-order valence-electron chi connectivity index (χ3n) is 5.49. The van der Waals surface area contributed by atoms with E-state index < -0.39 is 0 Å². The second-order valence-corrected chi connectivity index (χ2v) is 7.73. The summed E-state index contributed by atoms with van der Waals surface area (Å²) in [5.41, 5.74) is 10.5. The van der Waals surface area contributed by atoms with E-state index in [0.717, 1.165) is 37.3 Å². The topological polar surface area (TPSA) is 120 Å². The van der Waals surface area contributed by atoms with Crippen molar-refractivity contribution in [3.8, 4) is 0 Å². The van der Waals surface area contributed by atoms with Crippen molar-refractivity contribution in [3.63, 3.8) is 0 Å². The van der Waals surface area contributed by atoms with Crippen LogP contribution in [0.25, 0.3) is 17.5 Å². The largest absolute Gasteiger partial charge is 0.398 e. The molecule has 4 rings (SSSR count). The molecule has 2 aromatic heterocycles. The summed E-state index contributed by atoms with van der Waals surface area (Å²) in [4.78, 5) is 25.5. The first-order valence-corrected chi connectivity index (χ1v) is 10.4. The Labute approximate surface area is 186 Å². The summed E-state index contributed by atoms with van der Waals surface area (Å²) in [6.45, 7) is 5.75. The first kappa shape index (κ1) is 21.3. The van der Waals surface area contributed by atoms with Gasteiger partial charge in [0.25, 0.3) is 5.56 Å². The van der Waals surface area contributed by atoms with Crippen LogP contribution in [0, 0.1) is 0 Å². The lowest BCUT2D eigenvalue weighted by molar-refractivity contribution is 0.145. The van der Waals surface area contributed by atoms with Gasteiger partial charge in [0.2, 0.25) is 0 Å². The lowest BCUT2D eigenvalue weighted by Crippen LogP contribution is -2.35. The molecule has 3 heterocycles. The molecule has 8 heteroatoms. The second kappa shape index (κ2) is 9.49. The zero-order chi connectivity index (χ0) is 22.5. The van der Waals surface area contributed by atoms with Crippen LogP contribution in [0.2, 0.25) is 0 Å². The number of nitrogens with one attached hydrogen (secondary N) is 2. The van der Waals surface area contributed by atoms with Crippen LogP contribution in [0.1, 0.15) is 29.5 Å². The van der Waals surface area contributed by atoms with Crippen molar-refractivity contribution in [2.75, 3.05) is 23.3 Å². The standard InChI is InChI=1S/C24H26N6O2/c1-16(29-19-2-4-20(5-3-19)30-10-7-21(31)8-11-30)23-17(6-9-28-24(23)32)12-22(25)18-13-26-15-27-14-18/h2-6,9,12-15,21,29,31H,1,7-8,10-11,25H2,(H,28,32)/b22-12-. The monoisotopic (exact) mass is 430 g/mol. The summed E-state index contributed by atoms with van der Waals surface area (Å²) in [6, 6.07) is 9.73. The van der Waals surface area contributed by atoms with E-state index in [9.17, 15) is 9.90 Å². The summed E-state index contributed by atoms with van der Waals surface area (Å²) in [5, 5.41) is 12.9. The molecule has 1 aliphatic heterocycles. The maximum atomic E-state index is 12.6. The van der Waals surface area contributed by atoms with Crippen molar-refractivity contribution in [1.82, 2.24) is 15.0 Å². The Hall–Kier alpha value is -3.91. The molecule has 0 radical (unpaired) electrons. The molecule has 1 fully saturated rings. The maximum absolute atomic E-state index is 12.6. The third-order valence-corrected chi connectivity index (χ3v) is 5.49. The first-order valence-electron chi connectivity index (χ1n) is 10.4. The lowest BCUT2D eigenvalue weighted by Gasteiger charge is -2.31. The van der Waals surface area contributed by atoms with Crippen LogP contribution in [-0.2, 0) is 0 Å². The van der Waals surface area contributed by atoms with E-state index in [0.29, 0.717) is 28.1 Å². The number of nitrogens with two attached hydrogens (primary N) is 1. The van der Waals surface area contributed by atoms with Gasteiger partial charge in [0, 0.05) is 60.0 Å². The highest BCUT2D eigenvalue weighted by Gasteiger charge is 2.17. The van der Waals surface area contributed by atoms with Crippen molar-refractivity contribution in [2.24, 2.45) is 5.73 Å². The minimum absolute atomic E-state index is 0.203. The van der Waals surface area contributed by atoms with Gasteiger partial charge in [-0.3, -0.25) is 4.79 Å². The van der Waals surface area contributed by atoms with Gasteiger partial charge in [-0.2, -0.15) is 0 Å². The summed E-state index contributed by atoms with van der Waals surface area (Å²) in [6.07, 6.45) is 9.30. The summed E-state index contributed by atoms with van der Waals surface area (Å²) >= 11 is 0. The average molecular weight is 431 g/mol.